The Morgan fingerprint density at radius 1 is 0.182 bits per heavy atom. The molecule has 1 aromatic heterocycles. The lowest BCUT2D eigenvalue weighted by atomic mass is 9.78. The molecular formula is C64H44N2. The van der Waals surface area contributed by atoms with Crippen LogP contribution in [0.3, 0.4) is 0 Å². The highest BCUT2D eigenvalue weighted by Crippen LogP contribution is 2.51. The molecule has 11 rings (SSSR count). The molecule has 0 radical (unpaired) electrons. The summed E-state index contributed by atoms with van der Waals surface area (Å²) in [6, 6.07) is 95.1. The van der Waals surface area contributed by atoms with Crippen molar-refractivity contribution >= 4 is 0 Å². The first-order chi connectivity index (χ1) is 32.7. The maximum Gasteiger partial charge on any atom is 0.160 e. The molecule has 310 valence electrons. The van der Waals surface area contributed by atoms with E-state index in [1.807, 2.05) is 6.07 Å². The SMILES string of the molecule is c1ccc(-c2cc(-c3ccccc3)cc(-c3cc(-c4ccccc4-c4cc(-c5ccccc5)c(-c5ccccc5)c(-c5ccccc5)c4-c4ccccc4)nc(-c4ccccc4)n3)c2)cc1. The smallest absolute Gasteiger partial charge is 0.160 e. The van der Waals surface area contributed by atoms with E-state index in [9.17, 15) is 0 Å². The van der Waals surface area contributed by atoms with Gasteiger partial charge in [0.25, 0.3) is 0 Å². The molecule has 0 aliphatic rings. The summed E-state index contributed by atoms with van der Waals surface area (Å²) in [4.78, 5) is 10.8. The maximum atomic E-state index is 5.46. The number of benzene rings is 10. The van der Waals surface area contributed by atoms with E-state index in [1.165, 1.54) is 11.1 Å². The topological polar surface area (TPSA) is 25.8 Å². The van der Waals surface area contributed by atoms with E-state index in [0.717, 1.165) is 94.8 Å². The summed E-state index contributed by atoms with van der Waals surface area (Å²) in [5, 5.41) is 0. The lowest BCUT2D eigenvalue weighted by molar-refractivity contribution is 1.18. The van der Waals surface area contributed by atoms with Gasteiger partial charge in [0.05, 0.1) is 11.4 Å². The molecule has 0 aliphatic heterocycles. The summed E-state index contributed by atoms with van der Waals surface area (Å²) in [6.07, 6.45) is 0. The summed E-state index contributed by atoms with van der Waals surface area (Å²) in [7, 11) is 0. The van der Waals surface area contributed by atoms with Gasteiger partial charge in [-0.05, 0) is 108 Å². The van der Waals surface area contributed by atoms with Crippen molar-refractivity contribution in [3.63, 3.8) is 0 Å². The van der Waals surface area contributed by atoms with Gasteiger partial charge >= 0.3 is 0 Å². The summed E-state index contributed by atoms with van der Waals surface area (Å²) in [6.45, 7) is 0. The van der Waals surface area contributed by atoms with Crippen LogP contribution in [0.25, 0.3) is 112 Å². The third-order valence-electron chi connectivity index (χ3n) is 12.3. The first-order valence-electron chi connectivity index (χ1n) is 22.5. The molecule has 10 aromatic carbocycles. The van der Waals surface area contributed by atoms with E-state index in [4.69, 9.17) is 9.97 Å². The van der Waals surface area contributed by atoms with Crippen LogP contribution >= 0.6 is 0 Å². The van der Waals surface area contributed by atoms with Gasteiger partial charge in [-0.3, -0.25) is 0 Å². The van der Waals surface area contributed by atoms with Crippen LogP contribution in [0.15, 0.2) is 267 Å². The Balaban J connectivity index is 1.22. The van der Waals surface area contributed by atoms with Gasteiger partial charge in [0.1, 0.15) is 0 Å². The van der Waals surface area contributed by atoms with Crippen molar-refractivity contribution in [1.29, 1.82) is 0 Å². The van der Waals surface area contributed by atoms with E-state index in [1.54, 1.807) is 0 Å². The third-order valence-corrected chi connectivity index (χ3v) is 12.3. The molecule has 0 saturated heterocycles. The van der Waals surface area contributed by atoms with Gasteiger partial charge in [-0.2, -0.15) is 0 Å². The molecule has 0 fully saturated rings. The molecule has 0 unspecified atom stereocenters. The van der Waals surface area contributed by atoms with E-state index in [0.29, 0.717) is 5.82 Å². The number of hydrogen-bond donors (Lipinski definition) is 0. The Morgan fingerprint density at radius 3 is 1.02 bits per heavy atom. The third kappa shape index (κ3) is 8.05. The second-order valence-electron chi connectivity index (χ2n) is 16.5. The summed E-state index contributed by atoms with van der Waals surface area (Å²) in [5.41, 5.74) is 20.7. The lowest BCUT2D eigenvalue weighted by Crippen LogP contribution is -2.00. The minimum Gasteiger partial charge on any atom is -0.228 e. The van der Waals surface area contributed by atoms with Crippen molar-refractivity contribution in [1.82, 2.24) is 9.97 Å². The molecule has 11 aromatic rings. The van der Waals surface area contributed by atoms with Crippen LogP contribution in [-0.4, -0.2) is 9.97 Å². The van der Waals surface area contributed by atoms with Gasteiger partial charge in [-0.1, -0.05) is 237 Å². The second kappa shape index (κ2) is 18.2. The first kappa shape index (κ1) is 40.1. The largest absolute Gasteiger partial charge is 0.228 e. The molecule has 0 aliphatic carbocycles. The van der Waals surface area contributed by atoms with Gasteiger partial charge < -0.3 is 0 Å². The zero-order chi connectivity index (χ0) is 44.1. The minimum absolute atomic E-state index is 0.668. The van der Waals surface area contributed by atoms with E-state index in [2.05, 4.69) is 261 Å². The van der Waals surface area contributed by atoms with Crippen molar-refractivity contribution in [2.75, 3.05) is 0 Å². The van der Waals surface area contributed by atoms with E-state index < -0.39 is 0 Å². The van der Waals surface area contributed by atoms with Crippen LogP contribution in [-0.2, 0) is 0 Å². The normalized spacial score (nSPS) is 11.0. The number of nitrogens with zero attached hydrogens (tertiary/aromatic N) is 2. The minimum atomic E-state index is 0.668. The molecule has 66 heavy (non-hydrogen) atoms. The van der Waals surface area contributed by atoms with Gasteiger partial charge in [0.15, 0.2) is 5.82 Å². The average molecular weight is 841 g/mol. The highest BCUT2D eigenvalue weighted by molar-refractivity contribution is 6.08. The zero-order valence-electron chi connectivity index (χ0n) is 36.3. The molecular weight excluding hydrogens is 797 g/mol. The predicted octanol–water partition coefficient (Wildman–Crippen LogP) is 17.1. The van der Waals surface area contributed by atoms with Crippen molar-refractivity contribution < 1.29 is 0 Å². The van der Waals surface area contributed by atoms with Crippen molar-refractivity contribution in [2.45, 2.75) is 0 Å². The molecule has 0 spiro atoms. The molecule has 0 amide bonds. The van der Waals surface area contributed by atoms with Crippen LogP contribution in [0.4, 0.5) is 0 Å². The molecule has 0 saturated carbocycles. The molecule has 0 N–H and O–H groups in total. The number of hydrogen-bond acceptors (Lipinski definition) is 2. The van der Waals surface area contributed by atoms with Crippen LogP contribution in [0.5, 0.6) is 0 Å². The number of aromatic nitrogens is 2. The molecule has 2 heteroatoms. The summed E-state index contributed by atoms with van der Waals surface area (Å²) in [5.74, 6) is 0.668. The number of rotatable bonds is 10. The average Bonchev–Trinajstić information content (AvgIpc) is 3.41. The highest BCUT2D eigenvalue weighted by Gasteiger charge is 2.25. The van der Waals surface area contributed by atoms with Gasteiger partial charge in [-0.15, -0.1) is 0 Å². The summed E-state index contributed by atoms with van der Waals surface area (Å²) < 4.78 is 0. The Hall–Kier alpha value is -8.72. The van der Waals surface area contributed by atoms with E-state index in [-0.39, 0.29) is 0 Å². The zero-order valence-corrected chi connectivity index (χ0v) is 36.3. The molecule has 1 heterocycles. The van der Waals surface area contributed by atoms with Gasteiger partial charge in [0, 0.05) is 16.7 Å². The van der Waals surface area contributed by atoms with Crippen LogP contribution in [0.1, 0.15) is 0 Å². The Bertz CT molecular complexity index is 3350. The predicted molar refractivity (Wildman–Crippen MR) is 276 cm³/mol. The molecule has 0 atom stereocenters. The maximum absolute atomic E-state index is 5.46. The fraction of sp³-hybridized carbons (Fsp3) is 0. The van der Waals surface area contributed by atoms with Crippen molar-refractivity contribution in [3.8, 4) is 112 Å². The molecule has 0 bridgehead atoms. The van der Waals surface area contributed by atoms with Crippen molar-refractivity contribution in [2.24, 2.45) is 0 Å². The Morgan fingerprint density at radius 2 is 0.530 bits per heavy atom. The Labute approximate surface area is 386 Å². The van der Waals surface area contributed by atoms with Gasteiger partial charge in [0.2, 0.25) is 0 Å². The van der Waals surface area contributed by atoms with Gasteiger partial charge in [-0.25, -0.2) is 9.97 Å². The quantitative estimate of drug-likeness (QED) is 0.137. The Kier molecular flexibility index (Phi) is 11.0. The van der Waals surface area contributed by atoms with Crippen molar-refractivity contribution in [3.05, 3.63) is 267 Å². The summed E-state index contributed by atoms with van der Waals surface area (Å²) >= 11 is 0. The molecule has 2 nitrogen and oxygen atoms in total. The second-order valence-corrected chi connectivity index (χ2v) is 16.5. The van der Waals surface area contributed by atoms with E-state index >= 15 is 0 Å². The lowest BCUT2D eigenvalue weighted by Gasteiger charge is -2.25. The highest BCUT2D eigenvalue weighted by atomic mass is 14.9. The first-order valence-corrected chi connectivity index (χ1v) is 22.5. The fourth-order valence-corrected chi connectivity index (χ4v) is 9.20. The fourth-order valence-electron chi connectivity index (χ4n) is 9.20. The van der Waals surface area contributed by atoms with Crippen LogP contribution < -0.4 is 0 Å². The van der Waals surface area contributed by atoms with Crippen LogP contribution in [0.2, 0.25) is 0 Å². The standard InChI is InChI=1S/C64H44N2/c1-8-24-45(25-9-1)52-40-53(46-26-10-2-11-27-46)42-54(41-52)59-44-60(66-64(65-59)51-36-20-7-21-37-51)56-39-23-22-38-55(56)58-43-57(47-28-12-3-13-29-47)61(48-30-14-4-15-31-48)63(50-34-18-6-19-35-50)62(58)49-32-16-5-17-33-49/h1-44H. The van der Waals surface area contributed by atoms with Crippen LogP contribution in [0, 0.1) is 0 Å². The monoisotopic (exact) mass is 840 g/mol.